The molecule has 1 amide bonds. The van der Waals surface area contributed by atoms with Crippen LogP contribution in [0.2, 0.25) is 0 Å². The van der Waals surface area contributed by atoms with Crippen LogP contribution in [0.1, 0.15) is 12.5 Å². The smallest absolute Gasteiger partial charge is 0.355 e. The number of carbonyl (C=O) groups excluding carboxylic acids is 1. The van der Waals surface area contributed by atoms with Crippen LogP contribution in [0.3, 0.4) is 0 Å². The van der Waals surface area contributed by atoms with Gasteiger partial charge in [-0.15, -0.1) is 0 Å². The van der Waals surface area contributed by atoms with Gasteiger partial charge in [0, 0.05) is 23.7 Å². The minimum absolute atomic E-state index is 0.00587. The van der Waals surface area contributed by atoms with Crippen molar-refractivity contribution in [3.63, 3.8) is 0 Å². The van der Waals surface area contributed by atoms with Gasteiger partial charge in [-0.3, -0.25) is 4.79 Å². The summed E-state index contributed by atoms with van der Waals surface area (Å²) < 4.78 is 79.0. The van der Waals surface area contributed by atoms with Gasteiger partial charge < -0.3 is 10.3 Å². The minimum Gasteiger partial charge on any atom is -0.355 e. The third-order valence-corrected chi connectivity index (χ3v) is 4.62. The number of hydrogen-bond acceptors (Lipinski definition) is 1. The van der Waals surface area contributed by atoms with Gasteiger partial charge >= 0.3 is 6.18 Å². The van der Waals surface area contributed by atoms with Crippen molar-refractivity contribution in [2.45, 2.75) is 19.5 Å². The maximum absolute atomic E-state index is 14.2. The lowest BCUT2D eigenvalue weighted by molar-refractivity contribution is -0.178. The maximum atomic E-state index is 14.2. The predicted molar refractivity (Wildman–Crippen MR) is 95.5 cm³/mol. The van der Waals surface area contributed by atoms with Crippen molar-refractivity contribution in [3.8, 4) is 11.3 Å². The van der Waals surface area contributed by atoms with Crippen LogP contribution in [0.25, 0.3) is 22.2 Å². The summed E-state index contributed by atoms with van der Waals surface area (Å²) in [6, 6.07) is 7.04. The number of amides is 1. The van der Waals surface area contributed by atoms with Gasteiger partial charge in [-0.25, -0.2) is 13.2 Å². The molecule has 0 spiro atoms. The third kappa shape index (κ3) is 4.38. The molecule has 154 valence electrons. The molecule has 1 aromatic heterocycles. The van der Waals surface area contributed by atoms with E-state index in [9.17, 15) is 31.1 Å². The Morgan fingerprint density at radius 3 is 2.34 bits per heavy atom. The minimum atomic E-state index is -4.67. The number of nitrogens with one attached hydrogen (secondary N) is 2. The van der Waals surface area contributed by atoms with Crippen LogP contribution in [0.15, 0.2) is 36.4 Å². The highest BCUT2D eigenvalue weighted by atomic mass is 19.4. The van der Waals surface area contributed by atoms with Crippen LogP contribution in [0, 0.1) is 23.4 Å². The van der Waals surface area contributed by atoms with Crippen molar-refractivity contribution in [2.75, 3.05) is 6.54 Å². The molecular formula is C20H16F6N2O. The maximum Gasteiger partial charge on any atom is 0.400 e. The predicted octanol–water partition coefficient (Wildman–Crippen LogP) is 5.11. The summed E-state index contributed by atoms with van der Waals surface area (Å²) in [5, 5.41) is 2.38. The highest BCUT2D eigenvalue weighted by molar-refractivity contribution is 5.91. The zero-order chi connectivity index (χ0) is 21.3. The van der Waals surface area contributed by atoms with Crippen molar-refractivity contribution in [1.82, 2.24) is 10.3 Å². The standard InChI is InChI=1S/C20H16F6N2O/c1-10(20(24,25)26)19(29)27-7-6-14-15-8-13(22)9-16(23)18(15)28-17(14)11-2-4-12(21)5-3-11/h2-5,8-10,28H,6-7H2,1H3,(H,27,29). The Labute approximate surface area is 161 Å². The van der Waals surface area contributed by atoms with Crippen molar-refractivity contribution in [2.24, 2.45) is 5.92 Å². The number of benzene rings is 2. The molecule has 3 rings (SSSR count). The van der Waals surface area contributed by atoms with E-state index in [1.54, 1.807) is 0 Å². The fraction of sp³-hybridized carbons (Fsp3) is 0.250. The molecule has 0 saturated carbocycles. The Balaban J connectivity index is 1.94. The summed E-state index contributed by atoms with van der Waals surface area (Å²) >= 11 is 0. The van der Waals surface area contributed by atoms with Gasteiger partial charge in [-0.05, 0) is 54.8 Å². The monoisotopic (exact) mass is 414 g/mol. The lowest BCUT2D eigenvalue weighted by atomic mass is 10.0. The summed E-state index contributed by atoms with van der Waals surface area (Å²) in [6.45, 7) is 0.564. The zero-order valence-electron chi connectivity index (χ0n) is 15.1. The summed E-state index contributed by atoms with van der Waals surface area (Å²) in [7, 11) is 0. The van der Waals surface area contributed by atoms with Gasteiger partial charge in [0.25, 0.3) is 0 Å². The number of halogens is 6. The molecule has 0 aliphatic carbocycles. The molecule has 2 aromatic carbocycles. The Hall–Kier alpha value is -2.97. The average molecular weight is 414 g/mol. The molecule has 3 nitrogen and oxygen atoms in total. The lowest BCUT2D eigenvalue weighted by Crippen LogP contribution is -2.38. The molecule has 0 aliphatic heterocycles. The summed E-state index contributed by atoms with van der Waals surface area (Å²) in [6.07, 6.45) is -4.66. The second-order valence-corrected chi connectivity index (χ2v) is 6.60. The van der Waals surface area contributed by atoms with Crippen LogP contribution in [-0.4, -0.2) is 23.6 Å². The van der Waals surface area contributed by atoms with E-state index in [-0.39, 0.29) is 23.9 Å². The number of hydrogen-bond donors (Lipinski definition) is 2. The highest BCUT2D eigenvalue weighted by Crippen LogP contribution is 2.33. The molecule has 0 aliphatic rings. The number of fused-ring (bicyclic) bond motifs is 1. The van der Waals surface area contributed by atoms with E-state index in [1.165, 1.54) is 24.3 Å². The number of alkyl halides is 3. The Bertz CT molecular complexity index is 1040. The fourth-order valence-electron chi connectivity index (χ4n) is 3.01. The molecule has 1 heterocycles. The van der Waals surface area contributed by atoms with Gasteiger partial charge in [0.2, 0.25) is 5.91 Å². The van der Waals surface area contributed by atoms with E-state index in [0.29, 0.717) is 22.9 Å². The molecule has 1 atom stereocenters. The molecule has 0 bridgehead atoms. The molecule has 2 N–H and O–H groups in total. The molecule has 0 radical (unpaired) electrons. The number of aromatic amines is 1. The lowest BCUT2D eigenvalue weighted by Gasteiger charge is -2.15. The number of rotatable bonds is 5. The van der Waals surface area contributed by atoms with E-state index in [0.717, 1.165) is 13.0 Å². The van der Waals surface area contributed by atoms with Crippen molar-refractivity contribution in [1.29, 1.82) is 0 Å². The molecule has 0 fully saturated rings. The van der Waals surface area contributed by atoms with E-state index < -0.39 is 35.5 Å². The second-order valence-electron chi connectivity index (χ2n) is 6.60. The SMILES string of the molecule is CC(C(=O)NCCc1c(-c2ccc(F)cc2)[nH]c2c(F)cc(F)cc12)C(F)(F)F. The quantitative estimate of drug-likeness (QED) is 0.560. The zero-order valence-corrected chi connectivity index (χ0v) is 15.1. The third-order valence-electron chi connectivity index (χ3n) is 4.62. The largest absolute Gasteiger partial charge is 0.400 e. The molecule has 1 unspecified atom stereocenters. The summed E-state index contributed by atoms with van der Waals surface area (Å²) in [5.74, 6) is -5.54. The second kappa shape index (κ2) is 7.81. The van der Waals surface area contributed by atoms with Gasteiger partial charge in [0.15, 0.2) is 0 Å². The van der Waals surface area contributed by atoms with Crippen LogP contribution < -0.4 is 5.32 Å². The van der Waals surface area contributed by atoms with Crippen LogP contribution >= 0.6 is 0 Å². The van der Waals surface area contributed by atoms with E-state index >= 15 is 0 Å². The molecule has 9 heteroatoms. The van der Waals surface area contributed by atoms with Crippen LogP contribution in [0.5, 0.6) is 0 Å². The Morgan fingerprint density at radius 2 is 1.72 bits per heavy atom. The number of H-pyrrole nitrogens is 1. The molecule has 29 heavy (non-hydrogen) atoms. The normalized spacial score (nSPS) is 12.9. The molecule has 0 saturated heterocycles. The summed E-state index contributed by atoms with van der Waals surface area (Å²) in [4.78, 5) is 14.5. The number of aromatic nitrogens is 1. The van der Waals surface area contributed by atoms with Gasteiger partial charge in [-0.1, -0.05) is 0 Å². The first-order chi connectivity index (χ1) is 13.6. The van der Waals surface area contributed by atoms with Gasteiger partial charge in [0.05, 0.1) is 5.52 Å². The number of carbonyl (C=O) groups is 1. The van der Waals surface area contributed by atoms with Crippen LogP contribution in [0.4, 0.5) is 26.3 Å². The Morgan fingerprint density at radius 1 is 1.07 bits per heavy atom. The van der Waals surface area contributed by atoms with Gasteiger partial charge in [-0.2, -0.15) is 13.2 Å². The topological polar surface area (TPSA) is 44.9 Å². The highest BCUT2D eigenvalue weighted by Gasteiger charge is 2.40. The van der Waals surface area contributed by atoms with Gasteiger partial charge in [0.1, 0.15) is 23.4 Å². The van der Waals surface area contributed by atoms with Crippen LogP contribution in [-0.2, 0) is 11.2 Å². The van der Waals surface area contributed by atoms with Crippen molar-refractivity contribution < 1.29 is 31.1 Å². The summed E-state index contributed by atoms with van der Waals surface area (Å²) in [5.41, 5.74) is 1.25. The van der Waals surface area contributed by atoms with E-state index in [1.807, 2.05) is 0 Å². The van der Waals surface area contributed by atoms with Crippen molar-refractivity contribution in [3.05, 3.63) is 59.4 Å². The van der Waals surface area contributed by atoms with Crippen molar-refractivity contribution >= 4 is 16.8 Å². The molecular weight excluding hydrogens is 398 g/mol. The first-order valence-corrected chi connectivity index (χ1v) is 8.68. The Kier molecular flexibility index (Phi) is 5.59. The first-order valence-electron chi connectivity index (χ1n) is 8.68. The fourth-order valence-corrected chi connectivity index (χ4v) is 3.01. The van der Waals surface area contributed by atoms with E-state index in [2.05, 4.69) is 10.3 Å². The molecule has 3 aromatic rings. The average Bonchev–Trinajstić information content (AvgIpc) is 2.99. The first kappa shape index (κ1) is 20.8. The van der Waals surface area contributed by atoms with E-state index in [4.69, 9.17) is 0 Å².